The molecule has 152 valence electrons. The molecule has 0 fully saturated rings. The van der Waals surface area contributed by atoms with Crippen molar-refractivity contribution in [1.82, 2.24) is 9.97 Å². The zero-order chi connectivity index (χ0) is 20.9. The highest BCUT2D eigenvalue weighted by Gasteiger charge is 2.14. The molecule has 0 aliphatic rings. The molecule has 4 rings (SSSR count). The third-order valence-corrected chi connectivity index (χ3v) is 5.17. The van der Waals surface area contributed by atoms with Crippen molar-refractivity contribution < 1.29 is 9.47 Å². The van der Waals surface area contributed by atoms with Crippen molar-refractivity contribution in [3.05, 3.63) is 77.9 Å². The number of anilines is 1. The van der Waals surface area contributed by atoms with Gasteiger partial charge >= 0.3 is 0 Å². The number of methoxy groups -OCH3 is 2. The Morgan fingerprint density at radius 2 is 1.47 bits per heavy atom. The molecule has 0 saturated carbocycles. The molecule has 5 heteroatoms. The van der Waals surface area contributed by atoms with Crippen LogP contribution in [0.5, 0.6) is 11.5 Å². The standard InChI is InChI=1S/C25H25N3O2/c1-26-25-27-21-16-23(30-3)22(29-2)15-20(21)24(28-25)19-11-7-10-18(14-19)13-12-17-8-5-4-6-9-17/h4-11,14-16H,12-13H2,1-3H3,(H,26,27,28). The molecule has 0 unspecified atom stereocenters. The van der Waals surface area contributed by atoms with E-state index < -0.39 is 0 Å². The van der Waals surface area contributed by atoms with E-state index in [1.54, 1.807) is 14.2 Å². The van der Waals surface area contributed by atoms with E-state index in [-0.39, 0.29) is 0 Å². The van der Waals surface area contributed by atoms with Gasteiger partial charge in [0.1, 0.15) is 0 Å². The van der Waals surface area contributed by atoms with Gasteiger partial charge < -0.3 is 14.8 Å². The quantitative estimate of drug-likeness (QED) is 0.466. The normalized spacial score (nSPS) is 10.8. The summed E-state index contributed by atoms with van der Waals surface area (Å²) in [6.07, 6.45) is 1.97. The molecule has 0 aliphatic carbocycles. The van der Waals surface area contributed by atoms with Crippen LogP contribution in [0.15, 0.2) is 66.7 Å². The average molecular weight is 399 g/mol. The van der Waals surface area contributed by atoms with Gasteiger partial charge in [-0.05, 0) is 36.1 Å². The number of hydrogen-bond acceptors (Lipinski definition) is 5. The second kappa shape index (κ2) is 8.82. The van der Waals surface area contributed by atoms with E-state index in [1.807, 2.05) is 25.2 Å². The van der Waals surface area contributed by atoms with Gasteiger partial charge in [0.2, 0.25) is 5.95 Å². The van der Waals surface area contributed by atoms with Crippen molar-refractivity contribution in [3.8, 4) is 22.8 Å². The van der Waals surface area contributed by atoms with Gasteiger partial charge in [-0.15, -0.1) is 0 Å². The summed E-state index contributed by atoms with van der Waals surface area (Å²) < 4.78 is 11.0. The molecule has 0 amide bonds. The predicted octanol–water partition coefficient (Wildman–Crippen LogP) is 5.14. The number of fused-ring (bicyclic) bond motifs is 1. The van der Waals surface area contributed by atoms with Crippen LogP contribution in [0.3, 0.4) is 0 Å². The first kappa shape index (κ1) is 19.7. The zero-order valence-corrected chi connectivity index (χ0v) is 17.5. The van der Waals surface area contributed by atoms with Crippen molar-refractivity contribution in [3.63, 3.8) is 0 Å². The van der Waals surface area contributed by atoms with E-state index >= 15 is 0 Å². The third kappa shape index (κ3) is 4.06. The van der Waals surface area contributed by atoms with E-state index in [0.29, 0.717) is 17.4 Å². The minimum atomic E-state index is 0.569. The lowest BCUT2D eigenvalue weighted by Gasteiger charge is -2.13. The Hall–Kier alpha value is -3.60. The molecule has 0 saturated heterocycles. The lowest BCUT2D eigenvalue weighted by atomic mass is 9.99. The molecule has 0 atom stereocenters. The Labute approximate surface area is 176 Å². The van der Waals surface area contributed by atoms with Crippen LogP contribution in [0.2, 0.25) is 0 Å². The van der Waals surface area contributed by atoms with E-state index in [0.717, 1.165) is 35.0 Å². The summed E-state index contributed by atoms with van der Waals surface area (Å²) >= 11 is 0. The van der Waals surface area contributed by atoms with Gasteiger partial charge in [0.25, 0.3) is 0 Å². The van der Waals surface area contributed by atoms with Crippen molar-refractivity contribution in [1.29, 1.82) is 0 Å². The van der Waals surface area contributed by atoms with E-state index in [9.17, 15) is 0 Å². The highest BCUT2D eigenvalue weighted by atomic mass is 16.5. The summed E-state index contributed by atoms with van der Waals surface area (Å²) in [4.78, 5) is 9.37. The van der Waals surface area contributed by atoms with Crippen LogP contribution in [0.1, 0.15) is 11.1 Å². The number of hydrogen-bond donors (Lipinski definition) is 1. The maximum absolute atomic E-state index is 5.51. The number of aryl methyl sites for hydroxylation is 2. The van der Waals surface area contributed by atoms with Crippen LogP contribution in [-0.2, 0) is 12.8 Å². The molecule has 0 aliphatic heterocycles. The van der Waals surface area contributed by atoms with E-state index in [4.69, 9.17) is 14.5 Å². The molecule has 1 heterocycles. The SMILES string of the molecule is CNc1nc(-c2cccc(CCc3ccccc3)c2)c2cc(OC)c(OC)cc2n1. The van der Waals surface area contributed by atoms with Gasteiger partial charge in [0.15, 0.2) is 11.5 Å². The first-order valence-electron chi connectivity index (χ1n) is 9.96. The van der Waals surface area contributed by atoms with Crippen LogP contribution in [0.4, 0.5) is 5.95 Å². The highest BCUT2D eigenvalue weighted by molar-refractivity contribution is 5.95. The van der Waals surface area contributed by atoms with Gasteiger partial charge in [-0.2, -0.15) is 0 Å². The molecule has 5 nitrogen and oxygen atoms in total. The number of aromatic nitrogens is 2. The first-order valence-corrected chi connectivity index (χ1v) is 9.96. The summed E-state index contributed by atoms with van der Waals surface area (Å²) in [6, 6.07) is 22.9. The number of benzene rings is 3. The molecule has 0 spiro atoms. The monoisotopic (exact) mass is 399 g/mol. The number of nitrogens with zero attached hydrogens (tertiary/aromatic N) is 2. The van der Waals surface area contributed by atoms with Crippen LogP contribution < -0.4 is 14.8 Å². The minimum absolute atomic E-state index is 0.569. The molecule has 0 bridgehead atoms. The molecule has 1 aromatic heterocycles. The maximum atomic E-state index is 5.51. The fraction of sp³-hybridized carbons (Fsp3) is 0.200. The second-order valence-corrected chi connectivity index (χ2v) is 7.06. The molecular weight excluding hydrogens is 374 g/mol. The Kier molecular flexibility index (Phi) is 5.80. The van der Waals surface area contributed by atoms with Gasteiger partial charge in [-0.1, -0.05) is 48.5 Å². The zero-order valence-electron chi connectivity index (χ0n) is 17.5. The maximum Gasteiger partial charge on any atom is 0.223 e. The van der Waals surface area contributed by atoms with E-state index in [2.05, 4.69) is 58.8 Å². The molecule has 3 aromatic carbocycles. The highest BCUT2D eigenvalue weighted by Crippen LogP contribution is 2.36. The van der Waals surface area contributed by atoms with Crippen LogP contribution in [0.25, 0.3) is 22.2 Å². The first-order chi connectivity index (χ1) is 14.7. The summed E-state index contributed by atoms with van der Waals surface area (Å²) in [7, 11) is 5.08. The van der Waals surface area contributed by atoms with Gasteiger partial charge in [-0.25, -0.2) is 9.97 Å². The summed E-state index contributed by atoms with van der Waals surface area (Å²) in [5, 5.41) is 3.99. The van der Waals surface area contributed by atoms with Crippen LogP contribution >= 0.6 is 0 Å². The summed E-state index contributed by atoms with van der Waals surface area (Å²) in [5.74, 6) is 1.88. The second-order valence-electron chi connectivity index (χ2n) is 7.06. The van der Waals surface area contributed by atoms with Crippen molar-refractivity contribution in [2.75, 3.05) is 26.6 Å². The van der Waals surface area contributed by atoms with Crippen molar-refractivity contribution in [2.45, 2.75) is 12.8 Å². The topological polar surface area (TPSA) is 56.3 Å². The Balaban J connectivity index is 1.76. The lowest BCUT2D eigenvalue weighted by Crippen LogP contribution is -2.01. The largest absolute Gasteiger partial charge is 0.493 e. The fourth-order valence-electron chi connectivity index (χ4n) is 3.59. The van der Waals surface area contributed by atoms with Gasteiger partial charge in [0, 0.05) is 24.1 Å². The Morgan fingerprint density at radius 1 is 0.767 bits per heavy atom. The smallest absolute Gasteiger partial charge is 0.223 e. The molecular formula is C25H25N3O2. The average Bonchev–Trinajstić information content (AvgIpc) is 2.81. The number of rotatable bonds is 7. The Bertz CT molecular complexity index is 1160. The minimum Gasteiger partial charge on any atom is -0.493 e. The molecule has 1 N–H and O–H groups in total. The number of nitrogens with one attached hydrogen (secondary N) is 1. The van der Waals surface area contributed by atoms with E-state index in [1.165, 1.54) is 11.1 Å². The lowest BCUT2D eigenvalue weighted by molar-refractivity contribution is 0.356. The van der Waals surface area contributed by atoms with Gasteiger partial charge in [0.05, 0.1) is 25.4 Å². The summed E-state index contributed by atoms with van der Waals surface area (Å²) in [6.45, 7) is 0. The van der Waals surface area contributed by atoms with Crippen molar-refractivity contribution >= 4 is 16.9 Å². The molecule has 30 heavy (non-hydrogen) atoms. The third-order valence-electron chi connectivity index (χ3n) is 5.17. The van der Waals surface area contributed by atoms with Crippen LogP contribution in [0, 0.1) is 0 Å². The Morgan fingerprint density at radius 3 is 2.20 bits per heavy atom. The molecule has 0 radical (unpaired) electrons. The van der Waals surface area contributed by atoms with Crippen molar-refractivity contribution in [2.24, 2.45) is 0 Å². The molecule has 4 aromatic rings. The number of ether oxygens (including phenoxy) is 2. The summed E-state index contributed by atoms with van der Waals surface area (Å²) in [5.41, 5.74) is 5.33. The fourth-order valence-corrected chi connectivity index (χ4v) is 3.59. The van der Waals surface area contributed by atoms with Crippen LogP contribution in [-0.4, -0.2) is 31.2 Å². The van der Waals surface area contributed by atoms with Gasteiger partial charge in [-0.3, -0.25) is 0 Å². The predicted molar refractivity (Wildman–Crippen MR) is 121 cm³/mol.